The van der Waals surface area contributed by atoms with Gasteiger partial charge in [0.15, 0.2) is 0 Å². The molecule has 0 unspecified atom stereocenters. The lowest BCUT2D eigenvalue weighted by molar-refractivity contribution is -0.476. The van der Waals surface area contributed by atoms with E-state index in [2.05, 4.69) is 0 Å². The standard InChI is InChI=1S/C19H25FO8/c1-18(23-3)19(2,24-4)28-15-13(21)16(20)26-12(14(15)27-18)10-25-17(22)11-8-6-5-7-9-11/h5-9,12-16,21H,10H2,1-4H3/t12-,13+,14-,15-,16+,18+,19+/m1/s1. The number of hydrogen-bond acceptors (Lipinski definition) is 8. The number of aliphatic hydroxyl groups excluding tert-OH is 1. The summed E-state index contributed by atoms with van der Waals surface area (Å²) < 4.78 is 47.4. The number of carbonyl (C=O) groups excluding carboxylic acids is 1. The van der Waals surface area contributed by atoms with E-state index in [0.29, 0.717) is 5.56 Å². The number of aliphatic hydroxyl groups is 1. The molecule has 7 atom stereocenters. The van der Waals surface area contributed by atoms with Gasteiger partial charge in [0, 0.05) is 14.2 Å². The zero-order chi connectivity index (χ0) is 20.5. The van der Waals surface area contributed by atoms with E-state index in [9.17, 15) is 14.3 Å². The van der Waals surface area contributed by atoms with Gasteiger partial charge in [0.05, 0.1) is 5.56 Å². The first-order valence-electron chi connectivity index (χ1n) is 8.90. The highest BCUT2D eigenvalue weighted by atomic mass is 19.1. The Morgan fingerprint density at radius 1 is 1.11 bits per heavy atom. The summed E-state index contributed by atoms with van der Waals surface area (Å²) in [5, 5.41) is 10.2. The highest BCUT2D eigenvalue weighted by molar-refractivity contribution is 5.89. The number of halogens is 1. The minimum atomic E-state index is -2.04. The number of ether oxygens (including phenoxy) is 6. The number of rotatable bonds is 5. The van der Waals surface area contributed by atoms with Crippen LogP contribution in [0.5, 0.6) is 0 Å². The van der Waals surface area contributed by atoms with Crippen molar-refractivity contribution in [3.05, 3.63) is 35.9 Å². The van der Waals surface area contributed by atoms with Gasteiger partial charge in [-0.25, -0.2) is 9.18 Å². The first-order valence-corrected chi connectivity index (χ1v) is 8.90. The van der Waals surface area contributed by atoms with E-state index in [1.54, 1.807) is 44.2 Å². The molecule has 8 nitrogen and oxygen atoms in total. The maximum absolute atomic E-state index is 14.3. The third-order valence-electron chi connectivity index (χ3n) is 5.31. The molecule has 2 fully saturated rings. The van der Waals surface area contributed by atoms with Crippen LogP contribution in [-0.2, 0) is 28.4 Å². The Kier molecular flexibility index (Phi) is 6.04. The summed E-state index contributed by atoms with van der Waals surface area (Å²) in [6.45, 7) is 2.86. The van der Waals surface area contributed by atoms with Crippen LogP contribution in [0.25, 0.3) is 0 Å². The van der Waals surface area contributed by atoms with E-state index in [0.717, 1.165) is 0 Å². The second-order valence-corrected chi connectivity index (χ2v) is 6.95. The predicted molar refractivity (Wildman–Crippen MR) is 93.1 cm³/mol. The zero-order valence-electron chi connectivity index (χ0n) is 16.2. The van der Waals surface area contributed by atoms with Crippen molar-refractivity contribution in [2.24, 2.45) is 0 Å². The van der Waals surface area contributed by atoms with Crippen molar-refractivity contribution in [3.8, 4) is 0 Å². The van der Waals surface area contributed by atoms with E-state index < -0.39 is 48.3 Å². The minimum Gasteiger partial charge on any atom is -0.459 e. The Morgan fingerprint density at radius 2 is 1.68 bits per heavy atom. The van der Waals surface area contributed by atoms with Crippen LogP contribution in [0.2, 0.25) is 0 Å². The van der Waals surface area contributed by atoms with E-state index in [1.807, 2.05) is 0 Å². The third kappa shape index (κ3) is 3.66. The predicted octanol–water partition coefficient (Wildman–Crippen LogP) is 1.41. The van der Waals surface area contributed by atoms with E-state index in [1.165, 1.54) is 14.2 Å². The molecule has 0 aliphatic carbocycles. The van der Waals surface area contributed by atoms with Crippen LogP contribution in [0.1, 0.15) is 24.2 Å². The summed E-state index contributed by atoms with van der Waals surface area (Å²) >= 11 is 0. The van der Waals surface area contributed by atoms with Crippen molar-refractivity contribution in [3.63, 3.8) is 0 Å². The Hall–Kier alpha value is -1.62. The largest absolute Gasteiger partial charge is 0.459 e. The van der Waals surface area contributed by atoms with Gasteiger partial charge in [0.1, 0.15) is 31.0 Å². The summed E-state index contributed by atoms with van der Waals surface area (Å²) in [6, 6.07) is 8.37. The number of carbonyl (C=O) groups is 1. The molecule has 1 aromatic carbocycles. The van der Waals surface area contributed by atoms with Crippen molar-refractivity contribution in [2.75, 3.05) is 20.8 Å². The van der Waals surface area contributed by atoms with Gasteiger partial charge in [-0.3, -0.25) is 0 Å². The molecule has 1 N–H and O–H groups in total. The molecule has 0 bridgehead atoms. The molecule has 0 amide bonds. The summed E-state index contributed by atoms with van der Waals surface area (Å²) in [5.41, 5.74) is 0.348. The Morgan fingerprint density at radius 3 is 2.25 bits per heavy atom. The van der Waals surface area contributed by atoms with Crippen LogP contribution in [-0.4, -0.2) is 74.3 Å². The number of benzene rings is 1. The number of fused-ring (bicyclic) bond motifs is 1. The normalized spacial score (nSPS) is 40.6. The second-order valence-electron chi connectivity index (χ2n) is 6.95. The highest BCUT2D eigenvalue weighted by Gasteiger charge is 2.62. The Balaban J connectivity index is 1.78. The van der Waals surface area contributed by atoms with Gasteiger partial charge < -0.3 is 33.5 Å². The van der Waals surface area contributed by atoms with Crippen molar-refractivity contribution in [1.29, 1.82) is 0 Å². The number of methoxy groups -OCH3 is 2. The summed E-state index contributed by atoms with van der Waals surface area (Å²) in [4.78, 5) is 12.2. The molecule has 0 saturated carbocycles. The topological polar surface area (TPSA) is 92.7 Å². The second kappa shape index (κ2) is 8.02. The van der Waals surface area contributed by atoms with Crippen molar-refractivity contribution >= 4 is 5.97 Å². The lowest BCUT2D eigenvalue weighted by Crippen LogP contribution is -2.72. The molecule has 0 radical (unpaired) electrons. The van der Waals surface area contributed by atoms with E-state index >= 15 is 0 Å². The van der Waals surface area contributed by atoms with Crippen LogP contribution < -0.4 is 0 Å². The Bertz CT molecular complexity index is 688. The first kappa shape index (κ1) is 21.1. The number of hydrogen-bond donors (Lipinski definition) is 1. The minimum absolute atomic E-state index is 0.297. The quantitative estimate of drug-likeness (QED) is 0.742. The molecule has 2 heterocycles. The lowest BCUT2D eigenvalue weighted by atomic mass is 9.94. The molecule has 3 rings (SSSR count). The van der Waals surface area contributed by atoms with Gasteiger partial charge in [0.2, 0.25) is 17.9 Å². The smallest absolute Gasteiger partial charge is 0.338 e. The summed E-state index contributed by atoms with van der Waals surface area (Å²) in [5.74, 6) is -3.38. The monoisotopic (exact) mass is 400 g/mol. The maximum Gasteiger partial charge on any atom is 0.338 e. The molecule has 2 aliphatic rings. The average Bonchev–Trinajstić information content (AvgIpc) is 2.71. The van der Waals surface area contributed by atoms with Gasteiger partial charge in [-0.1, -0.05) is 18.2 Å². The Labute approximate surface area is 162 Å². The van der Waals surface area contributed by atoms with Crippen LogP contribution >= 0.6 is 0 Å². The molecule has 156 valence electrons. The highest BCUT2D eigenvalue weighted by Crippen LogP contribution is 2.43. The molecule has 2 saturated heterocycles. The third-order valence-corrected chi connectivity index (χ3v) is 5.31. The van der Waals surface area contributed by atoms with Crippen molar-refractivity contribution in [2.45, 2.75) is 56.2 Å². The van der Waals surface area contributed by atoms with Crippen LogP contribution in [0.4, 0.5) is 4.39 Å². The van der Waals surface area contributed by atoms with Gasteiger partial charge in [-0.15, -0.1) is 0 Å². The van der Waals surface area contributed by atoms with Crippen molar-refractivity contribution < 1.29 is 42.7 Å². The number of esters is 1. The van der Waals surface area contributed by atoms with Crippen LogP contribution in [0.3, 0.4) is 0 Å². The molecule has 2 aliphatic heterocycles. The van der Waals surface area contributed by atoms with Gasteiger partial charge in [-0.05, 0) is 26.0 Å². The van der Waals surface area contributed by atoms with E-state index in [4.69, 9.17) is 28.4 Å². The molecule has 9 heteroatoms. The van der Waals surface area contributed by atoms with Gasteiger partial charge >= 0.3 is 5.97 Å². The van der Waals surface area contributed by atoms with Gasteiger partial charge in [-0.2, -0.15) is 0 Å². The molecular formula is C19H25FO8. The molecular weight excluding hydrogens is 375 g/mol. The molecule has 28 heavy (non-hydrogen) atoms. The fourth-order valence-electron chi connectivity index (χ4n) is 3.31. The van der Waals surface area contributed by atoms with Gasteiger partial charge in [0.25, 0.3) is 0 Å². The maximum atomic E-state index is 14.3. The number of alkyl halides is 1. The van der Waals surface area contributed by atoms with Crippen LogP contribution in [0.15, 0.2) is 30.3 Å². The molecule has 0 aromatic heterocycles. The van der Waals surface area contributed by atoms with E-state index in [-0.39, 0.29) is 6.61 Å². The summed E-state index contributed by atoms with van der Waals surface area (Å²) in [7, 11) is 2.79. The average molecular weight is 400 g/mol. The molecule has 0 spiro atoms. The zero-order valence-corrected chi connectivity index (χ0v) is 16.2. The first-order chi connectivity index (χ1) is 13.2. The SMILES string of the molecule is CO[C@@]1(C)O[C@@H]2[C@H](O)[C@@H](F)O[C@H](COC(=O)c3ccccc3)[C@H]2O[C@]1(C)OC. The molecule has 1 aromatic rings. The summed E-state index contributed by atoms with van der Waals surface area (Å²) in [6.07, 6.45) is -6.75. The lowest BCUT2D eigenvalue weighted by Gasteiger charge is -2.55. The van der Waals surface area contributed by atoms with Crippen molar-refractivity contribution in [1.82, 2.24) is 0 Å². The fourth-order valence-corrected chi connectivity index (χ4v) is 3.31. The fraction of sp³-hybridized carbons (Fsp3) is 0.632. The van der Waals surface area contributed by atoms with Crippen LogP contribution in [0, 0.1) is 0 Å².